The minimum absolute atomic E-state index is 0.0798. The summed E-state index contributed by atoms with van der Waals surface area (Å²) in [6.45, 7) is 10.8. The van der Waals surface area contributed by atoms with Gasteiger partial charge >= 0.3 is 6.09 Å². The molecule has 3 N–H and O–H groups in total. The molecule has 0 atom stereocenters. The molecule has 1 aliphatic rings. The molecule has 0 unspecified atom stereocenters. The number of alkyl carbamates (subject to hydrolysis) is 1. The Kier molecular flexibility index (Phi) is 5.61. The third-order valence-corrected chi connectivity index (χ3v) is 3.58. The summed E-state index contributed by atoms with van der Waals surface area (Å²) in [5.41, 5.74) is 4.10. The van der Waals surface area contributed by atoms with Gasteiger partial charge in [-0.05, 0) is 59.9 Å². The molecule has 0 spiro atoms. The Bertz CT molecular complexity index is 380. The minimum Gasteiger partial charge on any atom is -0.444 e. The van der Waals surface area contributed by atoms with Gasteiger partial charge < -0.3 is 20.7 Å². The quantitative estimate of drug-likeness (QED) is 0.827. The molecule has 0 bridgehead atoms. The maximum atomic E-state index is 12.5. The predicted molar refractivity (Wildman–Crippen MR) is 81.8 cm³/mol. The van der Waals surface area contributed by atoms with Crippen LogP contribution in [0.1, 0.15) is 47.5 Å². The molecular weight excluding hydrogens is 270 g/mol. The van der Waals surface area contributed by atoms with E-state index >= 15 is 0 Å². The molecule has 6 heteroatoms. The number of hydrogen-bond donors (Lipinski definition) is 2. The Morgan fingerprint density at radius 1 is 1.19 bits per heavy atom. The Labute approximate surface area is 127 Å². The highest BCUT2D eigenvalue weighted by molar-refractivity contribution is 5.89. The van der Waals surface area contributed by atoms with Gasteiger partial charge in [0.2, 0.25) is 5.91 Å². The number of hydrogen-bond acceptors (Lipinski definition) is 4. The van der Waals surface area contributed by atoms with E-state index in [-0.39, 0.29) is 5.91 Å². The molecule has 21 heavy (non-hydrogen) atoms. The molecule has 2 amide bonds. The van der Waals surface area contributed by atoms with Crippen LogP contribution in [0.25, 0.3) is 0 Å². The number of nitrogens with one attached hydrogen (secondary N) is 1. The van der Waals surface area contributed by atoms with E-state index in [1.807, 2.05) is 0 Å². The van der Waals surface area contributed by atoms with Crippen LogP contribution in [0.3, 0.4) is 0 Å². The number of carbonyl (C=O) groups excluding carboxylic acids is 2. The third-order valence-electron chi connectivity index (χ3n) is 3.58. The van der Waals surface area contributed by atoms with E-state index in [1.165, 1.54) is 0 Å². The van der Waals surface area contributed by atoms with Crippen LogP contribution in [0.2, 0.25) is 0 Å². The predicted octanol–water partition coefficient (Wildman–Crippen LogP) is 1.49. The van der Waals surface area contributed by atoms with Crippen molar-refractivity contribution in [3.05, 3.63) is 0 Å². The zero-order valence-corrected chi connectivity index (χ0v) is 13.9. The normalized spacial score (nSPS) is 17.5. The van der Waals surface area contributed by atoms with E-state index in [4.69, 9.17) is 10.5 Å². The van der Waals surface area contributed by atoms with Crippen molar-refractivity contribution >= 4 is 12.0 Å². The van der Waals surface area contributed by atoms with Crippen molar-refractivity contribution < 1.29 is 14.3 Å². The van der Waals surface area contributed by atoms with Gasteiger partial charge in [0.25, 0.3) is 0 Å². The second kappa shape index (κ2) is 6.64. The average Bonchev–Trinajstić information content (AvgIpc) is 2.35. The van der Waals surface area contributed by atoms with Crippen molar-refractivity contribution in [3.8, 4) is 0 Å². The number of ether oxygens (including phenoxy) is 1. The highest BCUT2D eigenvalue weighted by Gasteiger charge is 2.36. The van der Waals surface area contributed by atoms with E-state index in [0.29, 0.717) is 25.6 Å². The summed E-state index contributed by atoms with van der Waals surface area (Å²) in [7, 11) is 0. The number of rotatable bonds is 3. The number of nitrogens with two attached hydrogens (primary N) is 1. The summed E-state index contributed by atoms with van der Waals surface area (Å²) in [6, 6.07) is 0. The van der Waals surface area contributed by atoms with Crippen LogP contribution in [-0.4, -0.2) is 47.7 Å². The van der Waals surface area contributed by atoms with Gasteiger partial charge in [-0.3, -0.25) is 4.79 Å². The van der Waals surface area contributed by atoms with Crippen LogP contribution in [-0.2, 0) is 9.53 Å². The lowest BCUT2D eigenvalue weighted by Gasteiger charge is -2.37. The lowest BCUT2D eigenvalue weighted by molar-refractivity contribution is -0.138. The zero-order valence-electron chi connectivity index (χ0n) is 13.9. The molecule has 0 aliphatic carbocycles. The van der Waals surface area contributed by atoms with Crippen molar-refractivity contribution in [1.29, 1.82) is 0 Å². The first-order valence-corrected chi connectivity index (χ1v) is 7.56. The molecule has 1 rings (SSSR count). The fourth-order valence-electron chi connectivity index (χ4n) is 2.38. The number of nitrogens with zero attached hydrogens (tertiary/aromatic N) is 1. The minimum atomic E-state index is -0.974. The molecule has 0 aromatic rings. The van der Waals surface area contributed by atoms with Crippen LogP contribution in [0.5, 0.6) is 0 Å². The summed E-state index contributed by atoms with van der Waals surface area (Å²) < 4.78 is 5.21. The lowest BCUT2D eigenvalue weighted by Crippen LogP contribution is -2.58. The van der Waals surface area contributed by atoms with E-state index in [9.17, 15) is 9.59 Å². The van der Waals surface area contributed by atoms with Crippen LogP contribution >= 0.6 is 0 Å². The molecule has 1 saturated heterocycles. The van der Waals surface area contributed by atoms with Crippen molar-refractivity contribution in [2.45, 2.75) is 58.6 Å². The molecule has 0 aromatic carbocycles. The first-order valence-electron chi connectivity index (χ1n) is 7.56. The lowest BCUT2D eigenvalue weighted by atomic mass is 9.95. The van der Waals surface area contributed by atoms with Gasteiger partial charge in [0, 0.05) is 13.1 Å². The van der Waals surface area contributed by atoms with Gasteiger partial charge in [0.1, 0.15) is 11.1 Å². The average molecular weight is 299 g/mol. The smallest absolute Gasteiger partial charge is 0.408 e. The molecule has 0 saturated carbocycles. The van der Waals surface area contributed by atoms with Crippen molar-refractivity contribution in [3.63, 3.8) is 0 Å². The summed E-state index contributed by atoms with van der Waals surface area (Å²) in [5.74, 6) is 0.416. The molecule has 122 valence electrons. The monoisotopic (exact) mass is 299 g/mol. The Balaban J connectivity index is 2.57. The summed E-state index contributed by atoms with van der Waals surface area (Å²) in [5, 5.41) is 2.66. The maximum Gasteiger partial charge on any atom is 0.408 e. The van der Waals surface area contributed by atoms with Gasteiger partial charge in [-0.1, -0.05) is 0 Å². The second-order valence-electron chi connectivity index (χ2n) is 7.22. The van der Waals surface area contributed by atoms with Crippen LogP contribution in [0.15, 0.2) is 0 Å². The zero-order chi connectivity index (χ0) is 16.3. The largest absolute Gasteiger partial charge is 0.444 e. The van der Waals surface area contributed by atoms with E-state index in [0.717, 1.165) is 12.8 Å². The topological polar surface area (TPSA) is 84.7 Å². The van der Waals surface area contributed by atoms with Gasteiger partial charge in [-0.15, -0.1) is 0 Å². The molecule has 1 fully saturated rings. The SMILES string of the molecule is CC(C)(C)OC(=O)NC(C)(C)C(=O)N1CCC(CN)CC1. The number of piperidine rings is 1. The van der Waals surface area contributed by atoms with Crippen LogP contribution < -0.4 is 11.1 Å². The Morgan fingerprint density at radius 3 is 2.14 bits per heavy atom. The first-order chi connectivity index (χ1) is 9.55. The summed E-state index contributed by atoms with van der Waals surface area (Å²) in [6.07, 6.45) is 1.27. The number of likely N-dealkylation sites (tertiary alicyclic amines) is 1. The molecule has 0 aromatic heterocycles. The Morgan fingerprint density at radius 2 is 1.71 bits per heavy atom. The van der Waals surface area contributed by atoms with Gasteiger partial charge in [-0.25, -0.2) is 4.79 Å². The van der Waals surface area contributed by atoms with Gasteiger partial charge in [0.05, 0.1) is 0 Å². The summed E-state index contributed by atoms with van der Waals surface area (Å²) >= 11 is 0. The van der Waals surface area contributed by atoms with E-state index < -0.39 is 17.2 Å². The van der Waals surface area contributed by atoms with E-state index in [2.05, 4.69) is 5.32 Å². The molecule has 1 aliphatic heterocycles. The molecule has 6 nitrogen and oxygen atoms in total. The van der Waals surface area contributed by atoms with Crippen molar-refractivity contribution in [2.24, 2.45) is 11.7 Å². The second-order valence-corrected chi connectivity index (χ2v) is 7.22. The van der Waals surface area contributed by atoms with Gasteiger partial charge in [0.15, 0.2) is 0 Å². The summed E-state index contributed by atoms with van der Waals surface area (Å²) in [4.78, 5) is 26.2. The first kappa shape index (κ1) is 17.8. The van der Waals surface area contributed by atoms with Crippen molar-refractivity contribution in [2.75, 3.05) is 19.6 Å². The van der Waals surface area contributed by atoms with Crippen LogP contribution in [0.4, 0.5) is 4.79 Å². The maximum absolute atomic E-state index is 12.5. The van der Waals surface area contributed by atoms with Gasteiger partial charge in [-0.2, -0.15) is 0 Å². The van der Waals surface area contributed by atoms with Crippen molar-refractivity contribution in [1.82, 2.24) is 10.2 Å². The van der Waals surface area contributed by atoms with E-state index in [1.54, 1.807) is 39.5 Å². The number of carbonyl (C=O) groups is 2. The standard InChI is InChI=1S/C15H29N3O3/c1-14(2,3)21-13(20)17-15(4,5)12(19)18-8-6-11(10-16)7-9-18/h11H,6-10,16H2,1-5H3,(H,17,20). The molecular formula is C15H29N3O3. The fourth-order valence-corrected chi connectivity index (χ4v) is 2.38. The third kappa shape index (κ3) is 5.53. The molecule has 1 heterocycles. The highest BCUT2D eigenvalue weighted by atomic mass is 16.6. The molecule has 0 radical (unpaired) electrons. The highest BCUT2D eigenvalue weighted by Crippen LogP contribution is 2.19. The number of amides is 2. The fraction of sp³-hybridized carbons (Fsp3) is 0.867. The Hall–Kier alpha value is -1.30. The van der Waals surface area contributed by atoms with Crippen LogP contribution in [0, 0.1) is 5.92 Å².